The zero-order valence-corrected chi connectivity index (χ0v) is 11.1. The Hall–Kier alpha value is -1.96. The molecule has 0 aliphatic rings. The van der Waals surface area contributed by atoms with E-state index < -0.39 is 0 Å². The number of carbonyl (C=O) groups is 1. The number of carbonyl (C=O) groups excluding carboxylic acids is 1. The highest BCUT2D eigenvalue weighted by Gasteiger charge is 2.09. The maximum absolute atomic E-state index is 12.2. The number of fused-ring (bicyclic) bond motifs is 1. The number of ketones is 1. The van der Waals surface area contributed by atoms with Crippen LogP contribution in [-0.2, 0) is 0 Å². The molecule has 0 amide bonds. The summed E-state index contributed by atoms with van der Waals surface area (Å²) in [6.45, 7) is 3.70. The van der Waals surface area contributed by atoms with Crippen molar-refractivity contribution >= 4 is 16.7 Å². The predicted octanol–water partition coefficient (Wildman–Crippen LogP) is 4.55. The van der Waals surface area contributed by atoms with Crippen LogP contribution in [0.25, 0.3) is 10.9 Å². The minimum Gasteiger partial charge on any atom is -0.294 e. The second-order valence-corrected chi connectivity index (χ2v) is 4.69. The summed E-state index contributed by atoms with van der Waals surface area (Å²) in [4.78, 5) is 16.5. The third kappa shape index (κ3) is 3.50. The molecule has 0 fully saturated rings. The van der Waals surface area contributed by atoms with Crippen LogP contribution in [0.2, 0.25) is 0 Å². The van der Waals surface area contributed by atoms with Gasteiger partial charge >= 0.3 is 0 Å². The van der Waals surface area contributed by atoms with Crippen LogP contribution in [0, 0.1) is 0 Å². The summed E-state index contributed by atoms with van der Waals surface area (Å²) in [5, 5.41) is 0.959. The molecule has 2 heteroatoms. The van der Waals surface area contributed by atoms with Crippen LogP contribution in [0.1, 0.15) is 42.5 Å². The Labute approximate surface area is 114 Å². The van der Waals surface area contributed by atoms with Crippen LogP contribution in [0.15, 0.2) is 49.2 Å². The quantitative estimate of drug-likeness (QED) is 0.411. The predicted molar refractivity (Wildman–Crippen MR) is 79.4 cm³/mol. The molecule has 0 unspecified atom stereocenters. The minimum absolute atomic E-state index is 0.220. The molecule has 1 aromatic carbocycles. The van der Waals surface area contributed by atoms with E-state index in [1.807, 2.05) is 36.4 Å². The van der Waals surface area contributed by atoms with Crippen molar-refractivity contribution in [3.8, 4) is 0 Å². The standard InChI is InChI=1S/C17H19NO/c1-2-3-4-5-6-12-17(19)15-9-7-11-16-14(15)10-8-13-18-16/h2,7-11,13H,1,3-6,12H2. The number of pyridine rings is 1. The largest absolute Gasteiger partial charge is 0.294 e. The summed E-state index contributed by atoms with van der Waals surface area (Å²) >= 11 is 0. The number of Topliss-reactive ketones (excluding diaryl/α,β-unsaturated/α-hetero) is 1. The molecule has 19 heavy (non-hydrogen) atoms. The molecule has 0 N–H and O–H groups in total. The van der Waals surface area contributed by atoms with Crippen molar-refractivity contribution in [3.05, 3.63) is 54.7 Å². The highest BCUT2D eigenvalue weighted by molar-refractivity contribution is 6.07. The molecular weight excluding hydrogens is 234 g/mol. The van der Waals surface area contributed by atoms with E-state index >= 15 is 0 Å². The van der Waals surface area contributed by atoms with E-state index in [9.17, 15) is 4.79 Å². The van der Waals surface area contributed by atoms with Gasteiger partial charge in [-0.1, -0.05) is 30.7 Å². The Morgan fingerprint density at radius 3 is 2.89 bits per heavy atom. The van der Waals surface area contributed by atoms with Crippen LogP contribution in [0.5, 0.6) is 0 Å². The highest BCUT2D eigenvalue weighted by atomic mass is 16.1. The maximum Gasteiger partial charge on any atom is 0.163 e. The highest BCUT2D eigenvalue weighted by Crippen LogP contribution is 2.19. The molecule has 0 aliphatic carbocycles. The molecule has 0 atom stereocenters. The Morgan fingerprint density at radius 2 is 2.05 bits per heavy atom. The first-order valence-electron chi connectivity index (χ1n) is 6.81. The normalized spacial score (nSPS) is 10.5. The van der Waals surface area contributed by atoms with E-state index in [-0.39, 0.29) is 5.78 Å². The topological polar surface area (TPSA) is 30.0 Å². The molecule has 0 aliphatic heterocycles. The van der Waals surface area contributed by atoms with Crippen LogP contribution >= 0.6 is 0 Å². The van der Waals surface area contributed by atoms with Crippen LogP contribution in [-0.4, -0.2) is 10.8 Å². The molecule has 0 radical (unpaired) electrons. The molecule has 2 aromatic rings. The first kappa shape index (κ1) is 13.5. The first-order valence-corrected chi connectivity index (χ1v) is 6.81. The van der Waals surface area contributed by atoms with Gasteiger partial charge in [0.2, 0.25) is 0 Å². The van der Waals surface area contributed by atoms with Crippen LogP contribution in [0.4, 0.5) is 0 Å². The van der Waals surface area contributed by atoms with Crippen molar-refractivity contribution in [1.29, 1.82) is 0 Å². The van der Waals surface area contributed by atoms with Gasteiger partial charge in [0.1, 0.15) is 0 Å². The molecular formula is C17H19NO. The van der Waals surface area contributed by atoms with Gasteiger partial charge in [0.15, 0.2) is 5.78 Å². The lowest BCUT2D eigenvalue weighted by Crippen LogP contribution is -2.00. The Morgan fingerprint density at radius 1 is 1.16 bits per heavy atom. The SMILES string of the molecule is C=CCCCCCC(=O)c1cccc2ncccc12. The van der Waals surface area contributed by atoms with Gasteiger partial charge in [0.05, 0.1) is 5.52 Å². The summed E-state index contributed by atoms with van der Waals surface area (Å²) in [6.07, 6.45) is 8.49. The summed E-state index contributed by atoms with van der Waals surface area (Å²) in [7, 11) is 0. The Balaban J connectivity index is 2.03. The molecule has 2 nitrogen and oxygen atoms in total. The molecule has 2 rings (SSSR count). The van der Waals surface area contributed by atoms with Gasteiger partial charge in [-0.15, -0.1) is 6.58 Å². The number of hydrogen-bond acceptors (Lipinski definition) is 2. The van der Waals surface area contributed by atoms with E-state index in [4.69, 9.17) is 0 Å². The second-order valence-electron chi connectivity index (χ2n) is 4.69. The van der Waals surface area contributed by atoms with Crippen LogP contribution < -0.4 is 0 Å². The molecule has 0 saturated heterocycles. The van der Waals surface area contributed by atoms with E-state index in [0.717, 1.165) is 42.1 Å². The molecule has 1 heterocycles. The summed E-state index contributed by atoms with van der Waals surface area (Å²) in [5.41, 5.74) is 1.69. The van der Waals surface area contributed by atoms with Gasteiger partial charge in [0.25, 0.3) is 0 Å². The van der Waals surface area contributed by atoms with Crippen molar-refractivity contribution < 1.29 is 4.79 Å². The number of allylic oxidation sites excluding steroid dienone is 1. The van der Waals surface area contributed by atoms with Crippen molar-refractivity contribution in [2.24, 2.45) is 0 Å². The lowest BCUT2D eigenvalue weighted by Gasteiger charge is -2.05. The Bertz CT molecular complexity index is 569. The summed E-state index contributed by atoms with van der Waals surface area (Å²) < 4.78 is 0. The maximum atomic E-state index is 12.2. The molecule has 0 saturated carbocycles. The van der Waals surface area contributed by atoms with E-state index in [1.165, 1.54) is 0 Å². The van der Waals surface area contributed by atoms with Gasteiger partial charge in [-0.25, -0.2) is 0 Å². The summed E-state index contributed by atoms with van der Waals surface area (Å²) in [5.74, 6) is 0.220. The van der Waals surface area contributed by atoms with Gasteiger partial charge < -0.3 is 0 Å². The monoisotopic (exact) mass is 253 g/mol. The van der Waals surface area contributed by atoms with Crippen LogP contribution in [0.3, 0.4) is 0 Å². The molecule has 0 bridgehead atoms. The minimum atomic E-state index is 0.220. The third-order valence-corrected chi connectivity index (χ3v) is 3.26. The average molecular weight is 253 g/mol. The smallest absolute Gasteiger partial charge is 0.163 e. The van der Waals surface area contributed by atoms with Crippen molar-refractivity contribution in [3.63, 3.8) is 0 Å². The fourth-order valence-corrected chi connectivity index (χ4v) is 2.23. The third-order valence-electron chi connectivity index (χ3n) is 3.26. The molecule has 0 spiro atoms. The number of rotatable bonds is 7. The number of nitrogens with zero attached hydrogens (tertiary/aromatic N) is 1. The van der Waals surface area contributed by atoms with E-state index in [2.05, 4.69) is 11.6 Å². The zero-order valence-electron chi connectivity index (χ0n) is 11.1. The van der Waals surface area contributed by atoms with Crippen molar-refractivity contribution in [2.75, 3.05) is 0 Å². The lowest BCUT2D eigenvalue weighted by molar-refractivity contribution is 0.0981. The van der Waals surface area contributed by atoms with E-state index in [1.54, 1.807) is 6.20 Å². The number of benzene rings is 1. The number of hydrogen-bond donors (Lipinski definition) is 0. The van der Waals surface area contributed by atoms with E-state index in [0.29, 0.717) is 6.42 Å². The number of unbranched alkanes of at least 4 members (excludes halogenated alkanes) is 3. The number of aromatic nitrogens is 1. The van der Waals surface area contributed by atoms with Gasteiger partial charge in [-0.2, -0.15) is 0 Å². The summed E-state index contributed by atoms with van der Waals surface area (Å²) in [6, 6.07) is 9.59. The van der Waals surface area contributed by atoms with Crippen molar-refractivity contribution in [2.45, 2.75) is 32.1 Å². The average Bonchev–Trinajstić information content (AvgIpc) is 2.46. The van der Waals surface area contributed by atoms with Gasteiger partial charge in [-0.05, 0) is 31.4 Å². The lowest BCUT2D eigenvalue weighted by atomic mass is 10.00. The first-order chi connectivity index (χ1) is 9.33. The Kier molecular flexibility index (Phi) is 4.85. The second kappa shape index (κ2) is 6.83. The molecule has 1 aromatic heterocycles. The molecule has 98 valence electrons. The zero-order chi connectivity index (χ0) is 13.5. The fourth-order valence-electron chi connectivity index (χ4n) is 2.23. The van der Waals surface area contributed by atoms with Gasteiger partial charge in [0, 0.05) is 23.6 Å². The fraction of sp³-hybridized carbons (Fsp3) is 0.294. The van der Waals surface area contributed by atoms with Crippen molar-refractivity contribution in [1.82, 2.24) is 4.98 Å². The van der Waals surface area contributed by atoms with Gasteiger partial charge in [-0.3, -0.25) is 9.78 Å².